The number of carbonyl (C=O) groups excluding carboxylic acids is 1. The molecule has 2 heterocycles. The standard InChI is InChI=1S/C18H19N3O2/c1-21(9-10-23-2)17-8-7-13(12-19-17)11-15-14-5-3-4-6-16(14)20-18(15)22/h3-8,11-12H,9-10H2,1-2H3,(H,20,22)/b15-11+. The van der Waals surface area contributed by atoms with E-state index >= 15 is 0 Å². The first-order valence-electron chi connectivity index (χ1n) is 7.47. The van der Waals surface area contributed by atoms with Gasteiger partial charge in [0.2, 0.25) is 0 Å². The number of nitrogens with one attached hydrogen (secondary N) is 1. The minimum atomic E-state index is -0.0764. The average molecular weight is 309 g/mol. The van der Waals surface area contributed by atoms with E-state index < -0.39 is 0 Å². The number of pyridine rings is 1. The highest BCUT2D eigenvalue weighted by Gasteiger charge is 2.23. The monoisotopic (exact) mass is 309 g/mol. The van der Waals surface area contributed by atoms with Gasteiger partial charge >= 0.3 is 0 Å². The Kier molecular flexibility index (Phi) is 4.39. The zero-order valence-corrected chi connectivity index (χ0v) is 13.2. The fourth-order valence-electron chi connectivity index (χ4n) is 2.50. The number of fused-ring (bicyclic) bond motifs is 1. The highest BCUT2D eigenvalue weighted by molar-refractivity contribution is 6.34. The van der Waals surface area contributed by atoms with Crippen LogP contribution in [-0.2, 0) is 9.53 Å². The molecule has 1 amide bonds. The van der Waals surface area contributed by atoms with Crippen LogP contribution in [-0.4, -0.2) is 38.2 Å². The van der Waals surface area contributed by atoms with Crippen molar-refractivity contribution in [1.82, 2.24) is 4.98 Å². The predicted octanol–water partition coefficient (Wildman–Crippen LogP) is 2.66. The third-order valence-corrected chi connectivity index (χ3v) is 3.81. The lowest BCUT2D eigenvalue weighted by Crippen LogP contribution is -2.22. The number of para-hydroxylation sites is 1. The number of hydrogen-bond donors (Lipinski definition) is 1. The van der Waals surface area contributed by atoms with Crippen LogP contribution < -0.4 is 10.2 Å². The molecule has 0 radical (unpaired) electrons. The molecule has 3 rings (SSSR count). The summed E-state index contributed by atoms with van der Waals surface area (Å²) in [6.45, 7) is 1.43. The highest BCUT2D eigenvalue weighted by atomic mass is 16.5. The number of amides is 1. The van der Waals surface area contributed by atoms with E-state index in [1.54, 1.807) is 13.3 Å². The molecule has 23 heavy (non-hydrogen) atoms. The predicted molar refractivity (Wildman–Crippen MR) is 92.3 cm³/mol. The molecule has 1 aliphatic rings. The van der Waals surface area contributed by atoms with Crippen molar-refractivity contribution in [2.75, 3.05) is 37.5 Å². The van der Waals surface area contributed by atoms with E-state index in [4.69, 9.17) is 4.74 Å². The van der Waals surface area contributed by atoms with E-state index in [0.29, 0.717) is 12.2 Å². The molecule has 0 saturated heterocycles. The number of rotatable bonds is 5. The summed E-state index contributed by atoms with van der Waals surface area (Å²) in [5.41, 5.74) is 3.35. The van der Waals surface area contributed by atoms with Gasteiger partial charge in [-0.1, -0.05) is 18.2 Å². The quantitative estimate of drug-likeness (QED) is 0.863. The number of methoxy groups -OCH3 is 1. The maximum atomic E-state index is 12.1. The van der Waals surface area contributed by atoms with Gasteiger partial charge in [-0.25, -0.2) is 4.98 Å². The van der Waals surface area contributed by atoms with Crippen molar-refractivity contribution in [2.45, 2.75) is 0 Å². The van der Waals surface area contributed by atoms with Gasteiger partial charge in [0.15, 0.2) is 0 Å². The molecule has 5 heteroatoms. The Labute approximate surface area is 135 Å². The molecule has 1 N–H and O–H groups in total. The summed E-state index contributed by atoms with van der Waals surface area (Å²) in [4.78, 5) is 18.6. The second-order valence-corrected chi connectivity index (χ2v) is 5.42. The summed E-state index contributed by atoms with van der Waals surface area (Å²) >= 11 is 0. The number of carbonyl (C=O) groups is 1. The van der Waals surface area contributed by atoms with Crippen molar-refractivity contribution in [2.24, 2.45) is 0 Å². The lowest BCUT2D eigenvalue weighted by Gasteiger charge is -2.17. The highest BCUT2D eigenvalue weighted by Crippen LogP contribution is 2.32. The zero-order valence-electron chi connectivity index (χ0n) is 13.2. The second kappa shape index (κ2) is 6.62. The van der Waals surface area contributed by atoms with Crippen molar-refractivity contribution in [1.29, 1.82) is 0 Å². The molecule has 0 saturated carbocycles. The minimum absolute atomic E-state index is 0.0764. The third-order valence-electron chi connectivity index (χ3n) is 3.81. The van der Waals surface area contributed by atoms with Crippen molar-refractivity contribution >= 4 is 29.1 Å². The number of likely N-dealkylation sites (N-methyl/N-ethyl adjacent to an activating group) is 1. The number of aromatic nitrogens is 1. The van der Waals surface area contributed by atoms with Gasteiger partial charge in [-0.2, -0.15) is 0 Å². The molecule has 118 valence electrons. The van der Waals surface area contributed by atoms with E-state index in [1.807, 2.05) is 54.4 Å². The summed E-state index contributed by atoms with van der Waals surface area (Å²) in [6, 6.07) is 11.6. The van der Waals surface area contributed by atoms with Crippen LogP contribution in [0.5, 0.6) is 0 Å². The van der Waals surface area contributed by atoms with Crippen molar-refractivity contribution < 1.29 is 9.53 Å². The lowest BCUT2D eigenvalue weighted by molar-refractivity contribution is -0.110. The fraction of sp³-hybridized carbons (Fsp3) is 0.222. The molecule has 0 fully saturated rings. The van der Waals surface area contributed by atoms with Gasteiger partial charge in [0.05, 0.1) is 6.61 Å². The Morgan fingerprint density at radius 2 is 2.09 bits per heavy atom. The van der Waals surface area contributed by atoms with E-state index in [1.165, 1.54) is 0 Å². The Balaban J connectivity index is 1.82. The summed E-state index contributed by atoms with van der Waals surface area (Å²) in [6.07, 6.45) is 3.65. The van der Waals surface area contributed by atoms with E-state index in [9.17, 15) is 4.79 Å². The van der Waals surface area contributed by atoms with Crippen LogP contribution in [0.1, 0.15) is 11.1 Å². The van der Waals surface area contributed by atoms with Crippen LogP contribution in [0.2, 0.25) is 0 Å². The van der Waals surface area contributed by atoms with Gasteiger partial charge in [-0.05, 0) is 29.8 Å². The summed E-state index contributed by atoms with van der Waals surface area (Å²) in [5, 5.41) is 2.87. The summed E-state index contributed by atoms with van der Waals surface area (Å²) < 4.78 is 5.07. The largest absolute Gasteiger partial charge is 0.383 e. The van der Waals surface area contributed by atoms with Gasteiger partial charge in [-0.15, -0.1) is 0 Å². The molecule has 2 aromatic rings. The van der Waals surface area contributed by atoms with Crippen LogP contribution in [0.3, 0.4) is 0 Å². The smallest absolute Gasteiger partial charge is 0.256 e. The van der Waals surface area contributed by atoms with Gasteiger partial charge in [0, 0.05) is 43.7 Å². The topological polar surface area (TPSA) is 54.5 Å². The van der Waals surface area contributed by atoms with E-state index in [-0.39, 0.29) is 5.91 Å². The maximum absolute atomic E-state index is 12.1. The van der Waals surface area contributed by atoms with Crippen LogP contribution in [0, 0.1) is 0 Å². The molecular weight excluding hydrogens is 290 g/mol. The molecule has 0 bridgehead atoms. The van der Waals surface area contributed by atoms with Crippen LogP contribution in [0.15, 0.2) is 42.6 Å². The van der Waals surface area contributed by atoms with E-state index in [2.05, 4.69) is 10.3 Å². The fourth-order valence-corrected chi connectivity index (χ4v) is 2.50. The van der Waals surface area contributed by atoms with Crippen LogP contribution in [0.4, 0.5) is 11.5 Å². The zero-order chi connectivity index (χ0) is 16.2. The Morgan fingerprint density at radius 1 is 1.26 bits per heavy atom. The number of benzene rings is 1. The molecular formula is C18H19N3O2. The van der Waals surface area contributed by atoms with Crippen LogP contribution in [0.25, 0.3) is 11.6 Å². The molecule has 1 aromatic heterocycles. The molecule has 0 unspecified atom stereocenters. The Bertz CT molecular complexity index is 738. The normalized spacial score (nSPS) is 14.7. The third kappa shape index (κ3) is 3.24. The number of anilines is 2. The molecule has 0 aliphatic carbocycles. The Morgan fingerprint density at radius 3 is 2.83 bits per heavy atom. The summed E-state index contributed by atoms with van der Waals surface area (Å²) in [5.74, 6) is 0.799. The number of nitrogens with zero attached hydrogens (tertiary/aromatic N) is 2. The van der Waals surface area contributed by atoms with Crippen LogP contribution >= 0.6 is 0 Å². The number of hydrogen-bond acceptors (Lipinski definition) is 4. The first-order chi connectivity index (χ1) is 11.2. The SMILES string of the molecule is COCCN(C)c1ccc(/C=C2/C(=O)Nc3ccccc32)cn1. The minimum Gasteiger partial charge on any atom is -0.383 e. The van der Waals surface area contributed by atoms with Gasteiger partial charge in [-0.3, -0.25) is 4.79 Å². The van der Waals surface area contributed by atoms with E-state index in [0.717, 1.165) is 29.2 Å². The molecule has 1 aromatic carbocycles. The lowest BCUT2D eigenvalue weighted by atomic mass is 10.0. The van der Waals surface area contributed by atoms with Gasteiger partial charge < -0.3 is 15.0 Å². The molecule has 0 spiro atoms. The van der Waals surface area contributed by atoms with Gasteiger partial charge in [0.1, 0.15) is 5.82 Å². The average Bonchev–Trinajstić information content (AvgIpc) is 2.89. The molecule has 0 atom stereocenters. The van der Waals surface area contributed by atoms with Crippen molar-refractivity contribution in [3.8, 4) is 0 Å². The number of ether oxygens (including phenoxy) is 1. The molecule has 1 aliphatic heterocycles. The van der Waals surface area contributed by atoms with Crippen molar-refractivity contribution in [3.63, 3.8) is 0 Å². The van der Waals surface area contributed by atoms with Crippen molar-refractivity contribution in [3.05, 3.63) is 53.7 Å². The summed E-state index contributed by atoms with van der Waals surface area (Å²) in [7, 11) is 3.65. The second-order valence-electron chi connectivity index (χ2n) is 5.42. The first kappa shape index (κ1) is 15.2. The maximum Gasteiger partial charge on any atom is 0.256 e. The Hall–Kier alpha value is -2.66. The molecule has 5 nitrogen and oxygen atoms in total. The van der Waals surface area contributed by atoms with Gasteiger partial charge in [0.25, 0.3) is 5.91 Å². The first-order valence-corrected chi connectivity index (χ1v) is 7.47.